The Bertz CT molecular complexity index is 1080. The van der Waals surface area contributed by atoms with Gasteiger partial charge in [-0.2, -0.15) is 0 Å². The van der Waals surface area contributed by atoms with Crippen LogP contribution in [-0.2, 0) is 0 Å². The number of carbonyl (C=O) groups is 1. The average Bonchev–Trinajstić information content (AvgIpc) is 3.11. The molecule has 1 saturated heterocycles. The van der Waals surface area contributed by atoms with Crippen molar-refractivity contribution >= 4 is 40.1 Å². The van der Waals surface area contributed by atoms with Crippen molar-refractivity contribution in [2.24, 2.45) is 0 Å². The first kappa shape index (κ1) is 20.7. The lowest BCUT2D eigenvalue weighted by molar-refractivity contribution is 0.248. The van der Waals surface area contributed by atoms with Crippen molar-refractivity contribution in [2.75, 3.05) is 22.9 Å². The quantitative estimate of drug-likeness (QED) is 0.414. The van der Waals surface area contributed by atoms with Gasteiger partial charge in [0.25, 0.3) is 0 Å². The maximum absolute atomic E-state index is 14.0. The highest BCUT2D eigenvalue weighted by atomic mass is 32.2. The molecule has 0 aliphatic carbocycles. The number of hydrogen-bond donors (Lipinski definition) is 2. The smallest absolute Gasteiger partial charge is 0.306 e. The van der Waals surface area contributed by atoms with Crippen LogP contribution >= 0.6 is 23.3 Å². The Morgan fingerprint density at radius 1 is 1.13 bits per heavy atom. The number of urea groups is 1. The van der Waals surface area contributed by atoms with Crippen molar-refractivity contribution in [1.82, 2.24) is 9.87 Å². The molecule has 0 saturated carbocycles. The van der Waals surface area contributed by atoms with E-state index in [1.807, 2.05) is 11.8 Å². The van der Waals surface area contributed by atoms with Gasteiger partial charge in [-0.05, 0) is 61.2 Å². The maximum atomic E-state index is 14.0. The molecular weight excluding hydrogens is 430 g/mol. The Morgan fingerprint density at radius 2 is 1.87 bits per heavy atom. The first-order valence-electron chi connectivity index (χ1n) is 9.16. The van der Waals surface area contributed by atoms with Crippen LogP contribution in [0.5, 0.6) is 0 Å². The van der Waals surface area contributed by atoms with E-state index in [9.17, 15) is 13.6 Å². The number of rotatable bonds is 5. The molecule has 0 bridgehead atoms. The molecule has 1 fully saturated rings. The molecular formula is C20H18F2N4O2S2. The molecule has 6 nitrogen and oxygen atoms in total. The number of amides is 2. The molecule has 4 rings (SSSR count). The predicted molar refractivity (Wildman–Crippen MR) is 114 cm³/mol. The number of aryl methyl sites for hydroxylation is 1. The molecule has 0 unspecified atom stereocenters. The van der Waals surface area contributed by atoms with Gasteiger partial charge in [-0.25, -0.2) is 18.6 Å². The minimum atomic E-state index is -0.509. The van der Waals surface area contributed by atoms with E-state index in [1.54, 1.807) is 34.1 Å². The summed E-state index contributed by atoms with van der Waals surface area (Å²) in [5, 5.41) is 9.47. The van der Waals surface area contributed by atoms with Crippen molar-refractivity contribution in [3.05, 3.63) is 59.8 Å². The average molecular weight is 449 g/mol. The summed E-state index contributed by atoms with van der Waals surface area (Å²) in [7, 11) is 0. The molecule has 0 radical (unpaired) electrons. The number of carbonyl (C=O) groups excluding carboxylic acids is 1. The molecule has 2 aromatic carbocycles. The van der Waals surface area contributed by atoms with Crippen LogP contribution in [0.3, 0.4) is 0 Å². The molecule has 0 spiro atoms. The van der Waals surface area contributed by atoms with E-state index in [0.29, 0.717) is 29.5 Å². The van der Waals surface area contributed by atoms with Gasteiger partial charge in [-0.1, -0.05) is 23.5 Å². The first-order chi connectivity index (χ1) is 14.5. The van der Waals surface area contributed by atoms with Crippen molar-refractivity contribution < 1.29 is 18.8 Å². The third-order valence-electron chi connectivity index (χ3n) is 4.76. The largest absolute Gasteiger partial charge is 0.330 e. The van der Waals surface area contributed by atoms with E-state index in [4.69, 9.17) is 5.21 Å². The standard InChI is InChI=1S/C20H18F2N4O2S2/c1-12-18(30-24-28)29-19(23-12)26-10-2-9-25(20(26)27)15-6-3-13(4-7-15)16-11-14(21)5-8-17(16)22/h3-8,11,24,28H,2,9-10H2,1H3. The van der Waals surface area contributed by atoms with Crippen molar-refractivity contribution in [1.29, 1.82) is 0 Å². The van der Waals surface area contributed by atoms with E-state index in [1.165, 1.54) is 11.3 Å². The number of benzene rings is 2. The van der Waals surface area contributed by atoms with Crippen LogP contribution in [0.2, 0.25) is 0 Å². The SMILES string of the molecule is Cc1nc(N2CCCN(c3ccc(-c4cc(F)ccc4F)cc3)C2=O)sc1SNO. The second-order valence-electron chi connectivity index (χ2n) is 6.67. The Balaban J connectivity index is 1.57. The summed E-state index contributed by atoms with van der Waals surface area (Å²) in [6, 6.07) is 9.93. The van der Waals surface area contributed by atoms with Crippen molar-refractivity contribution in [3.8, 4) is 11.1 Å². The lowest BCUT2D eigenvalue weighted by atomic mass is 10.0. The molecule has 2 heterocycles. The van der Waals surface area contributed by atoms with Crippen molar-refractivity contribution in [3.63, 3.8) is 0 Å². The van der Waals surface area contributed by atoms with Gasteiger partial charge in [-0.3, -0.25) is 9.80 Å². The summed E-state index contributed by atoms with van der Waals surface area (Å²) in [6.07, 6.45) is 0.755. The highest BCUT2D eigenvalue weighted by Crippen LogP contribution is 2.35. The normalized spacial score (nSPS) is 14.5. The van der Waals surface area contributed by atoms with Gasteiger partial charge in [0.15, 0.2) is 5.13 Å². The summed E-state index contributed by atoms with van der Waals surface area (Å²) in [5.74, 6) is -1.01. The highest BCUT2D eigenvalue weighted by molar-refractivity contribution is 7.99. The molecule has 2 N–H and O–H groups in total. The van der Waals surface area contributed by atoms with Crippen LogP contribution < -0.4 is 14.7 Å². The number of halogens is 2. The topological polar surface area (TPSA) is 68.7 Å². The number of thiazole rings is 1. The van der Waals surface area contributed by atoms with Gasteiger partial charge >= 0.3 is 6.03 Å². The van der Waals surface area contributed by atoms with Crippen LogP contribution in [0.25, 0.3) is 11.1 Å². The summed E-state index contributed by atoms with van der Waals surface area (Å²) in [6.45, 7) is 2.91. The summed E-state index contributed by atoms with van der Waals surface area (Å²) in [4.78, 5) is 22.8. The fourth-order valence-corrected chi connectivity index (χ4v) is 4.90. The predicted octanol–water partition coefficient (Wildman–Crippen LogP) is 5.22. The van der Waals surface area contributed by atoms with Gasteiger partial charge < -0.3 is 5.21 Å². The van der Waals surface area contributed by atoms with Gasteiger partial charge in [0.2, 0.25) is 0 Å². The van der Waals surface area contributed by atoms with E-state index < -0.39 is 11.6 Å². The zero-order valence-electron chi connectivity index (χ0n) is 15.9. The minimum absolute atomic E-state index is 0.175. The fraction of sp³-hybridized carbons (Fsp3) is 0.200. The second-order valence-corrected chi connectivity index (χ2v) is 8.70. The molecule has 1 aliphatic heterocycles. The Morgan fingerprint density at radius 3 is 2.60 bits per heavy atom. The van der Waals surface area contributed by atoms with Gasteiger partial charge in [-0.15, -0.1) is 4.89 Å². The number of nitrogens with zero attached hydrogens (tertiary/aromatic N) is 3. The molecule has 30 heavy (non-hydrogen) atoms. The Labute approximate surface area is 180 Å². The summed E-state index contributed by atoms with van der Waals surface area (Å²) >= 11 is 2.36. The summed E-state index contributed by atoms with van der Waals surface area (Å²) < 4.78 is 28.3. The number of nitrogens with one attached hydrogen (secondary N) is 1. The van der Waals surface area contributed by atoms with Gasteiger partial charge in [0.05, 0.1) is 5.69 Å². The first-order valence-corrected chi connectivity index (χ1v) is 10.8. The van der Waals surface area contributed by atoms with Crippen LogP contribution in [0.15, 0.2) is 46.7 Å². The molecule has 156 valence electrons. The lowest BCUT2D eigenvalue weighted by Crippen LogP contribution is -2.49. The van der Waals surface area contributed by atoms with E-state index in [2.05, 4.69) is 4.98 Å². The zero-order chi connectivity index (χ0) is 21.3. The van der Waals surface area contributed by atoms with Crippen LogP contribution in [-0.4, -0.2) is 29.3 Å². The van der Waals surface area contributed by atoms with Crippen LogP contribution in [0.4, 0.5) is 24.4 Å². The zero-order valence-corrected chi connectivity index (χ0v) is 17.6. The molecule has 2 amide bonds. The van der Waals surface area contributed by atoms with Gasteiger partial charge in [0.1, 0.15) is 15.8 Å². The van der Waals surface area contributed by atoms with E-state index in [-0.39, 0.29) is 11.6 Å². The van der Waals surface area contributed by atoms with Crippen LogP contribution in [0.1, 0.15) is 12.1 Å². The second kappa shape index (κ2) is 8.68. The Kier molecular flexibility index (Phi) is 6.00. The van der Waals surface area contributed by atoms with Crippen molar-refractivity contribution in [2.45, 2.75) is 17.6 Å². The molecule has 3 aromatic rings. The third-order valence-corrected chi connectivity index (χ3v) is 6.80. The summed E-state index contributed by atoms with van der Waals surface area (Å²) in [5.41, 5.74) is 2.11. The number of hydrogen-bond acceptors (Lipinski definition) is 6. The van der Waals surface area contributed by atoms with Gasteiger partial charge in [0, 0.05) is 24.3 Å². The molecule has 1 aliphatic rings. The minimum Gasteiger partial charge on any atom is -0.306 e. The monoisotopic (exact) mass is 448 g/mol. The molecule has 10 heteroatoms. The lowest BCUT2D eigenvalue weighted by Gasteiger charge is -2.34. The van der Waals surface area contributed by atoms with E-state index in [0.717, 1.165) is 46.5 Å². The number of aromatic nitrogens is 1. The molecule has 0 atom stereocenters. The van der Waals surface area contributed by atoms with E-state index >= 15 is 0 Å². The fourth-order valence-electron chi connectivity index (χ4n) is 3.30. The maximum Gasteiger partial charge on any atom is 0.330 e. The van der Waals surface area contributed by atoms with Crippen LogP contribution in [0, 0.1) is 18.6 Å². The highest BCUT2D eigenvalue weighted by Gasteiger charge is 2.30. The Hall–Kier alpha value is -2.53. The number of anilines is 2. The molecule has 1 aromatic heterocycles. The third kappa shape index (κ3) is 4.04.